The topological polar surface area (TPSA) is 130 Å². The zero-order valence-corrected chi connectivity index (χ0v) is 24.6. The van der Waals surface area contributed by atoms with Gasteiger partial charge in [0.15, 0.2) is 0 Å². The fraction of sp³-hybridized carbons (Fsp3) is 0.333. The highest BCUT2D eigenvalue weighted by molar-refractivity contribution is 7.92. The van der Waals surface area contributed by atoms with E-state index in [4.69, 9.17) is 4.74 Å². The lowest BCUT2D eigenvalue weighted by atomic mass is 10.00. The van der Waals surface area contributed by atoms with Crippen LogP contribution in [-0.2, 0) is 16.6 Å². The molecule has 3 heterocycles. The second kappa shape index (κ2) is 11.3. The smallest absolute Gasteiger partial charge is 0.264 e. The van der Waals surface area contributed by atoms with Gasteiger partial charge in [-0.25, -0.2) is 18.1 Å². The lowest BCUT2D eigenvalue weighted by molar-refractivity contribution is 0.0549. The van der Waals surface area contributed by atoms with Gasteiger partial charge in [-0.3, -0.25) is 9.89 Å². The van der Waals surface area contributed by atoms with Crippen molar-refractivity contribution < 1.29 is 17.9 Å². The number of H-pyrrole nitrogens is 1. The predicted molar refractivity (Wildman–Crippen MR) is 156 cm³/mol. The molecule has 2 N–H and O–H groups in total. The summed E-state index contributed by atoms with van der Waals surface area (Å²) >= 11 is 0. The third-order valence-corrected chi connectivity index (χ3v) is 8.34. The molecule has 10 nitrogen and oxygen atoms in total. The third-order valence-electron chi connectivity index (χ3n) is 7.02. The van der Waals surface area contributed by atoms with Crippen molar-refractivity contribution in [3.8, 4) is 17.1 Å². The van der Waals surface area contributed by atoms with Gasteiger partial charge in [0.05, 0.1) is 28.9 Å². The number of hydrogen-bond donors (Lipinski definition) is 2. The van der Waals surface area contributed by atoms with Crippen LogP contribution < -0.4 is 9.46 Å². The Labute approximate surface area is 240 Å². The van der Waals surface area contributed by atoms with Crippen molar-refractivity contribution in [3.05, 3.63) is 82.7 Å². The van der Waals surface area contributed by atoms with Crippen LogP contribution in [0.2, 0.25) is 0 Å². The number of ether oxygens (including phenoxy) is 1. The number of aromatic nitrogens is 4. The molecule has 0 saturated carbocycles. The van der Waals surface area contributed by atoms with Gasteiger partial charge >= 0.3 is 0 Å². The highest BCUT2D eigenvalue weighted by Gasteiger charge is 2.29. The Morgan fingerprint density at radius 2 is 1.76 bits per heavy atom. The van der Waals surface area contributed by atoms with Crippen LogP contribution in [0, 0.1) is 26.7 Å². The lowest BCUT2D eigenvalue weighted by Gasteiger charge is -2.32. The molecule has 0 saturated heterocycles. The number of carbonyl (C=O) groups excluding carboxylic acids is 1. The zero-order chi connectivity index (χ0) is 29.3. The van der Waals surface area contributed by atoms with Gasteiger partial charge in [0, 0.05) is 22.9 Å². The lowest BCUT2D eigenvalue weighted by Crippen LogP contribution is -2.44. The summed E-state index contributed by atoms with van der Waals surface area (Å²) < 4.78 is 35.7. The van der Waals surface area contributed by atoms with E-state index in [0.29, 0.717) is 17.8 Å². The Hall–Kier alpha value is -4.25. The van der Waals surface area contributed by atoms with E-state index in [1.807, 2.05) is 45.0 Å². The normalized spacial score (nSPS) is 16.8. The van der Waals surface area contributed by atoms with Gasteiger partial charge in [-0.2, -0.15) is 10.1 Å². The molecular formula is C30H34N6O4S. The quantitative estimate of drug-likeness (QED) is 0.341. The van der Waals surface area contributed by atoms with Crippen LogP contribution in [0.1, 0.15) is 53.1 Å². The molecule has 5 rings (SSSR count). The van der Waals surface area contributed by atoms with E-state index in [9.17, 15) is 13.2 Å². The van der Waals surface area contributed by atoms with Crippen LogP contribution in [0.5, 0.6) is 5.88 Å². The number of aryl methyl sites for hydroxylation is 3. The Morgan fingerprint density at radius 1 is 1.02 bits per heavy atom. The number of aromatic amines is 1. The number of nitrogens with zero attached hydrogens (tertiary/aromatic N) is 4. The first-order valence-electron chi connectivity index (χ1n) is 13.5. The van der Waals surface area contributed by atoms with Crippen LogP contribution in [-0.4, -0.2) is 52.0 Å². The first kappa shape index (κ1) is 28.3. The molecule has 2 aromatic heterocycles. The monoisotopic (exact) mass is 574 g/mol. The van der Waals surface area contributed by atoms with Crippen molar-refractivity contribution in [2.75, 3.05) is 11.3 Å². The number of sulfonamides is 1. The van der Waals surface area contributed by atoms with Crippen molar-refractivity contribution >= 4 is 21.9 Å². The number of benzene rings is 2. The minimum absolute atomic E-state index is 0.0675. The summed E-state index contributed by atoms with van der Waals surface area (Å²) in [5.74, 6) is 0.0266. The first-order chi connectivity index (χ1) is 19.5. The Balaban J connectivity index is 1.67. The number of anilines is 1. The molecular weight excluding hydrogens is 540 g/mol. The molecule has 0 unspecified atom stereocenters. The molecule has 1 aliphatic heterocycles. The number of nitrogens with one attached hydrogen (secondary N) is 2. The Morgan fingerprint density at radius 3 is 2.44 bits per heavy atom. The number of carbonyl (C=O) groups is 1. The number of rotatable bonds is 5. The van der Waals surface area contributed by atoms with E-state index < -0.39 is 10.0 Å². The summed E-state index contributed by atoms with van der Waals surface area (Å²) in [5.41, 5.74) is 5.19. The summed E-state index contributed by atoms with van der Waals surface area (Å²) in [6, 6.07) is 15.2. The second-order valence-corrected chi connectivity index (χ2v) is 12.6. The van der Waals surface area contributed by atoms with E-state index in [0.717, 1.165) is 22.4 Å². The summed E-state index contributed by atoms with van der Waals surface area (Å²) in [5, 5.41) is 7.29. The summed E-state index contributed by atoms with van der Waals surface area (Å²) in [4.78, 5) is 24.6. The van der Waals surface area contributed by atoms with Gasteiger partial charge in [-0.15, -0.1) is 0 Å². The molecule has 1 atom stereocenters. The van der Waals surface area contributed by atoms with Gasteiger partial charge in [-0.05, 0) is 68.5 Å². The molecule has 4 bridgehead atoms. The third kappa shape index (κ3) is 6.25. The number of amides is 1. The van der Waals surface area contributed by atoms with Crippen molar-refractivity contribution in [1.29, 1.82) is 0 Å². The molecule has 11 heteroatoms. The average molecular weight is 575 g/mol. The van der Waals surface area contributed by atoms with Crippen molar-refractivity contribution in [1.82, 2.24) is 25.1 Å². The molecule has 41 heavy (non-hydrogen) atoms. The number of fused-ring (bicyclic) bond motifs is 4. The van der Waals surface area contributed by atoms with Gasteiger partial charge < -0.3 is 9.64 Å². The van der Waals surface area contributed by atoms with Gasteiger partial charge in [0.25, 0.3) is 15.9 Å². The maximum absolute atomic E-state index is 14.0. The average Bonchev–Trinajstić information content (AvgIpc) is 3.33. The summed E-state index contributed by atoms with van der Waals surface area (Å²) in [6.07, 6.45) is 0.646. The van der Waals surface area contributed by atoms with Gasteiger partial charge in [0.2, 0.25) is 11.8 Å². The molecule has 0 spiro atoms. The first-order valence-corrected chi connectivity index (χ1v) is 15.0. The van der Waals surface area contributed by atoms with Crippen LogP contribution >= 0.6 is 0 Å². The molecule has 1 amide bonds. The van der Waals surface area contributed by atoms with E-state index in [-0.39, 0.29) is 53.3 Å². The molecule has 0 aliphatic carbocycles. The minimum Gasteiger partial charge on any atom is -0.475 e. The molecule has 1 aliphatic rings. The fourth-order valence-corrected chi connectivity index (χ4v) is 6.13. The number of hydrogen-bond acceptors (Lipinski definition) is 7. The van der Waals surface area contributed by atoms with Crippen LogP contribution in [0.15, 0.2) is 59.5 Å². The maximum atomic E-state index is 14.0. The molecule has 214 valence electrons. The van der Waals surface area contributed by atoms with Gasteiger partial charge in [0.1, 0.15) is 6.61 Å². The summed E-state index contributed by atoms with van der Waals surface area (Å²) in [7, 11) is -4.13. The molecule has 0 fully saturated rings. The fourth-order valence-electron chi connectivity index (χ4n) is 5.14. The van der Waals surface area contributed by atoms with E-state index in [2.05, 4.69) is 38.7 Å². The highest BCUT2D eigenvalue weighted by Crippen LogP contribution is 2.30. The van der Waals surface area contributed by atoms with Crippen LogP contribution in [0.4, 0.5) is 5.95 Å². The zero-order valence-electron chi connectivity index (χ0n) is 23.8. The maximum Gasteiger partial charge on any atom is 0.264 e. The largest absolute Gasteiger partial charge is 0.475 e. The van der Waals surface area contributed by atoms with Crippen molar-refractivity contribution in [2.45, 2.75) is 58.5 Å². The van der Waals surface area contributed by atoms with E-state index in [1.165, 1.54) is 12.1 Å². The van der Waals surface area contributed by atoms with E-state index in [1.54, 1.807) is 23.1 Å². The molecule has 0 radical (unpaired) electrons. The standard InChI is InChI=1S/C30H34N6O4S/c1-18(2)12-24-17-40-27-15-26(28-19(3)8-6-9-20(28)4)31-30(32-27)35-41(38,39)25-11-7-10-22(14-25)29(37)36(24)16-23-13-21(5)33-34-23/h6-11,13-15,18,24H,12,16-17H2,1-5H3,(H,33,34)(H,31,32,35)/t24-/m1/s1. The summed E-state index contributed by atoms with van der Waals surface area (Å²) in [6.45, 7) is 10.4. The minimum atomic E-state index is -4.13. The Bertz CT molecular complexity index is 1680. The SMILES string of the molecule is Cc1cc(CN2C(=O)c3cccc(c3)S(=O)(=O)Nc3nc(cc(-c4c(C)cccc4C)n3)OC[C@H]2CC(C)C)n[nH]1. The van der Waals surface area contributed by atoms with Gasteiger partial charge in [-0.1, -0.05) is 38.1 Å². The van der Waals surface area contributed by atoms with Crippen LogP contribution in [0.3, 0.4) is 0 Å². The predicted octanol–water partition coefficient (Wildman–Crippen LogP) is 5.04. The highest BCUT2D eigenvalue weighted by atomic mass is 32.2. The molecule has 4 aromatic rings. The van der Waals surface area contributed by atoms with Crippen molar-refractivity contribution in [2.24, 2.45) is 5.92 Å². The second-order valence-electron chi connectivity index (χ2n) is 10.9. The molecule has 2 aromatic carbocycles. The van der Waals surface area contributed by atoms with E-state index >= 15 is 0 Å². The van der Waals surface area contributed by atoms with Crippen LogP contribution in [0.25, 0.3) is 11.3 Å². The Kier molecular flexibility index (Phi) is 7.81. The van der Waals surface area contributed by atoms with Crippen molar-refractivity contribution in [3.63, 3.8) is 0 Å².